The molecule has 5 nitrogen and oxygen atoms in total. The predicted molar refractivity (Wildman–Crippen MR) is 62.1 cm³/mol. The van der Waals surface area contributed by atoms with Crippen LogP contribution < -0.4 is 11.5 Å². The summed E-state index contributed by atoms with van der Waals surface area (Å²) in [6, 6.07) is 5.13. The summed E-state index contributed by atoms with van der Waals surface area (Å²) in [5, 5.41) is 0.750. The molecule has 2 aromatic rings. The maximum atomic E-state index is 11.1. The molecule has 1 aromatic heterocycles. The highest BCUT2D eigenvalue weighted by Gasteiger charge is 2.08. The number of hydrogen-bond donors (Lipinski definition) is 3. The van der Waals surface area contributed by atoms with Gasteiger partial charge >= 0.3 is 0 Å². The molecular formula is C10H10N4OS. The first-order chi connectivity index (χ1) is 7.66. The van der Waals surface area contributed by atoms with E-state index in [2.05, 4.69) is 9.97 Å². The second kappa shape index (κ2) is 4.28. The number of benzene rings is 1. The summed E-state index contributed by atoms with van der Waals surface area (Å²) in [6.07, 6.45) is 3.39. The summed E-state index contributed by atoms with van der Waals surface area (Å²) in [6.45, 7) is 0. The molecule has 2 rings (SSSR count). The Bertz CT molecular complexity index is 510. The number of nitrogens with zero attached hydrogens (tertiary/aromatic N) is 1. The molecular weight excluding hydrogens is 224 g/mol. The Morgan fingerprint density at radius 1 is 1.44 bits per heavy atom. The Morgan fingerprint density at radius 3 is 2.88 bits per heavy atom. The molecule has 0 unspecified atom stereocenters. The monoisotopic (exact) mass is 234 g/mol. The number of nitrogens with two attached hydrogens (primary N) is 2. The second-order valence-electron chi connectivity index (χ2n) is 3.11. The normalized spacial score (nSPS) is 10.2. The van der Waals surface area contributed by atoms with Crippen molar-refractivity contribution in [1.82, 2.24) is 9.97 Å². The minimum absolute atomic E-state index is 0.330. The van der Waals surface area contributed by atoms with Crippen molar-refractivity contribution in [3.8, 4) is 0 Å². The van der Waals surface area contributed by atoms with Gasteiger partial charge in [-0.15, -0.1) is 0 Å². The Kier molecular flexibility index (Phi) is 2.82. The maximum absolute atomic E-state index is 11.1. The van der Waals surface area contributed by atoms with Crippen LogP contribution in [0.25, 0.3) is 0 Å². The van der Waals surface area contributed by atoms with Gasteiger partial charge < -0.3 is 16.5 Å². The number of carbonyl (C=O) groups is 1. The van der Waals surface area contributed by atoms with Crippen LogP contribution in [-0.4, -0.2) is 15.9 Å². The van der Waals surface area contributed by atoms with Gasteiger partial charge in [0.25, 0.3) is 5.91 Å². The number of aromatic amines is 1. The highest BCUT2D eigenvalue weighted by atomic mass is 32.2. The lowest BCUT2D eigenvalue weighted by Crippen LogP contribution is -2.13. The molecule has 1 amide bonds. The number of amides is 1. The fraction of sp³-hybridized carbons (Fsp3) is 0. The Morgan fingerprint density at radius 2 is 2.25 bits per heavy atom. The first-order valence-electron chi connectivity index (χ1n) is 4.53. The summed E-state index contributed by atoms with van der Waals surface area (Å²) in [4.78, 5) is 19.0. The van der Waals surface area contributed by atoms with Crippen LogP contribution in [0, 0.1) is 0 Å². The van der Waals surface area contributed by atoms with E-state index in [0.717, 1.165) is 10.1 Å². The highest BCUT2D eigenvalue weighted by Crippen LogP contribution is 2.27. The van der Waals surface area contributed by atoms with Crippen molar-refractivity contribution < 1.29 is 4.79 Å². The summed E-state index contributed by atoms with van der Waals surface area (Å²) >= 11 is 1.40. The third kappa shape index (κ3) is 2.17. The van der Waals surface area contributed by atoms with Gasteiger partial charge in [-0.25, -0.2) is 4.98 Å². The molecule has 1 aromatic carbocycles. The average Bonchev–Trinajstić information content (AvgIpc) is 2.73. The zero-order chi connectivity index (χ0) is 11.5. The molecule has 0 aliphatic heterocycles. The zero-order valence-electron chi connectivity index (χ0n) is 8.31. The summed E-state index contributed by atoms with van der Waals surface area (Å²) < 4.78 is 0. The standard InChI is InChI=1S/C10H10N4OS/c11-8-2-1-6(5-7(8)9(12)15)16-10-13-3-4-14-10/h1-5H,11H2,(H2,12,15)(H,13,14). The van der Waals surface area contributed by atoms with E-state index < -0.39 is 5.91 Å². The molecule has 0 saturated carbocycles. The molecule has 6 heteroatoms. The maximum Gasteiger partial charge on any atom is 0.250 e. The van der Waals surface area contributed by atoms with E-state index in [0.29, 0.717) is 11.3 Å². The van der Waals surface area contributed by atoms with Crippen LogP contribution >= 0.6 is 11.8 Å². The van der Waals surface area contributed by atoms with Gasteiger partial charge in [-0.05, 0) is 18.2 Å². The van der Waals surface area contributed by atoms with Gasteiger partial charge in [0.1, 0.15) is 0 Å². The molecule has 0 aliphatic rings. The van der Waals surface area contributed by atoms with E-state index in [1.54, 1.807) is 24.5 Å². The topological polar surface area (TPSA) is 97.8 Å². The third-order valence-electron chi connectivity index (χ3n) is 1.98. The number of rotatable bonds is 3. The SMILES string of the molecule is NC(=O)c1cc(Sc2ncc[nH]2)ccc1N. The van der Waals surface area contributed by atoms with Crippen LogP contribution in [0.3, 0.4) is 0 Å². The highest BCUT2D eigenvalue weighted by molar-refractivity contribution is 7.99. The van der Waals surface area contributed by atoms with E-state index in [9.17, 15) is 4.79 Å². The molecule has 16 heavy (non-hydrogen) atoms. The van der Waals surface area contributed by atoms with Gasteiger partial charge in [-0.2, -0.15) is 0 Å². The number of H-pyrrole nitrogens is 1. The molecule has 0 spiro atoms. The van der Waals surface area contributed by atoms with E-state index in [-0.39, 0.29) is 0 Å². The quantitative estimate of drug-likeness (QED) is 0.696. The molecule has 0 saturated heterocycles. The molecule has 0 aliphatic carbocycles. The zero-order valence-corrected chi connectivity index (χ0v) is 9.12. The molecule has 82 valence electrons. The molecule has 0 radical (unpaired) electrons. The van der Waals surface area contributed by atoms with Crippen LogP contribution in [0.15, 0.2) is 40.6 Å². The molecule has 0 atom stereocenters. The van der Waals surface area contributed by atoms with Gasteiger partial charge in [0.05, 0.1) is 5.56 Å². The fourth-order valence-corrected chi connectivity index (χ4v) is 2.01. The number of nitrogen functional groups attached to an aromatic ring is 1. The summed E-state index contributed by atoms with van der Waals surface area (Å²) in [7, 11) is 0. The van der Waals surface area contributed by atoms with E-state index >= 15 is 0 Å². The van der Waals surface area contributed by atoms with Crippen LogP contribution in [0.2, 0.25) is 0 Å². The number of aromatic nitrogens is 2. The Hall–Kier alpha value is -1.95. The number of anilines is 1. The molecule has 5 N–H and O–H groups in total. The van der Waals surface area contributed by atoms with Gasteiger partial charge in [0.15, 0.2) is 5.16 Å². The summed E-state index contributed by atoms with van der Waals surface area (Å²) in [5.74, 6) is -0.528. The van der Waals surface area contributed by atoms with Gasteiger partial charge in [0, 0.05) is 23.0 Å². The van der Waals surface area contributed by atoms with Crippen LogP contribution in [-0.2, 0) is 0 Å². The number of primary amides is 1. The van der Waals surface area contributed by atoms with E-state index in [1.807, 2.05) is 6.07 Å². The first-order valence-corrected chi connectivity index (χ1v) is 5.35. The number of carbonyl (C=O) groups excluding carboxylic acids is 1. The van der Waals surface area contributed by atoms with Crippen molar-refractivity contribution in [1.29, 1.82) is 0 Å². The first kappa shape index (κ1) is 10.6. The lowest BCUT2D eigenvalue weighted by Gasteiger charge is -2.04. The fourth-order valence-electron chi connectivity index (χ4n) is 1.23. The van der Waals surface area contributed by atoms with Gasteiger partial charge in [-0.3, -0.25) is 4.79 Å². The van der Waals surface area contributed by atoms with Crippen molar-refractivity contribution in [3.63, 3.8) is 0 Å². The second-order valence-corrected chi connectivity index (χ2v) is 4.17. The van der Waals surface area contributed by atoms with Crippen LogP contribution in [0.5, 0.6) is 0 Å². The molecule has 0 bridgehead atoms. The van der Waals surface area contributed by atoms with Crippen LogP contribution in [0.4, 0.5) is 5.69 Å². The van der Waals surface area contributed by atoms with Crippen molar-refractivity contribution in [2.45, 2.75) is 10.1 Å². The number of hydrogen-bond acceptors (Lipinski definition) is 4. The minimum Gasteiger partial charge on any atom is -0.398 e. The summed E-state index contributed by atoms with van der Waals surface area (Å²) in [5.41, 5.74) is 11.6. The smallest absolute Gasteiger partial charge is 0.250 e. The van der Waals surface area contributed by atoms with Crippen molar-refractivity contribution in [2.24, 2.45) is 5.73 Å². The average molecular weight is 234 g/mol. The Labute approximate surface area is 96.2 Å². The lowest BCUT2D eigenvalue weighted by atomic mass is 10.2. The third-order valence-corrected chi connectivity index (χ3v) is 2.88. The van der Waals surface area contributed by atoms with E-state index in [4.69, 9.17) is 11.5 Å². The van der Waals surface area contributed by atoms with Crippen molar-refractivity contribution in [3.05, 3.63) is 36.2 Å². The minimum atomic E-state index is -0.528. The largest absolute Gasteiger partial charge is 0.398 e. The van der Waals surface area contributed by atoms with Crippen LogP contribution in [0.1, 0.15) is 10.4 Å². The number of nitrogens with one attached hydrogen (secondary N) is 1. The molecule has 1 heterocycles. The Balaban J connectivity index is 2.29. The van der Waals surface area contributed by atoms with Crippen molar-refractivity contribution >= 4 is 23.4 Å². The lowest BCUT2D eigenvalue weighted by molar-refractivity contribution is 0.100. The molecule has 0 fully saturated rings. The van der Waals surface area contributed by atoms with E-state index in [1.165, 1.54) is 11.8 Å². The van der Waals surface area contributed by atoms with Crippen molar-refractivity contribution in [2.75, 3.05) is 5.73 Å². The van der Waals surface area contributed by atoms with Gasteiger partial charge in [0.2, 0.25) is 0 Å². The predicted octanol–water partition coefficient (Wildman–Crippen LogP) is 1.24. The number of imidazole rings is 1. The van der Waals surface area contributed by atoms with Gasteiger partial charge in [-0.1, -0.05) is 11.8 Å².